The van der Waals surface area contributed by atoms with Gasteiger partial charge in [0.25, 0.3) is 0 Å². The van der Waals surface area contributed by atoms with Gasteiger partial charge in [-0.1, -0.05) is 23.2 Å². The Morgan fingerprint density at radius 2 is 2.16 bits per heavy atom. The highest BCUT2D eigenvalue weighted by atomic mass is 35.5. The molecule has 1 aromatic rings. The molecule has 6 nitrogen and oxygen atoms in total. The lowest BCUT2D eigenvalue weighted by molar-refractivity contribution is -0.121. The van der Waals surface area contributed by atoms with E-state index >= 15 is 0 Å². The first kappa shape index (κ1) is 20.3. The minimum absolute atomic E-state index is 0.0849. The molecular formula is C16H22Cl2N2O4S. The fourth-order valence-electron chi connectivity index (χ4n) is 2.65. The Morgan fingerprint density at radius 3 is 2.80 bits per heavy atom. The highest BCUT2D eigenvalue weighted by Crippen LogP contribution is 2.30. The second-order valence-corrected chi connectivity index (χ2v) is 8.72. The van der Waals surface area contributed by atoms with Gasteiger partial charge in [0.15, 0.2) is 0 Å². The third-order valence-corrected chi connectivity index (χ3v) is 5.63. The van der Waals surface area contributed by atoms with Crippen LogP contribution in [0.3, 0.4) is 0 Å². The van der Waals surface area contributed by atoms with Crippen molar-refractivity contribution < 1.29 is 17.9 Å². The molecule has 140 valence electrons. The fraction of sp³-hybridized carbons (Fsp3) is 0.562. The lowest BCUT2D eigenvalue weighted by atomic mass is 10.2. The zero-order chi connectivity index (χ0) is 18.4. The summed E-state index contributed by atoms with van der Waals surface area (Å²) in [4.78, 5) is 11.9. The molecule has 1 saturated heterocycles. The van der Waals surface area contributed by atoms with Gasteiger partial charge in [-0.25, -0.2) is 8.42 Å². The molecule has 1 aliphatic heterocycles. The van der Waals surface area contributed by atoms with E-state index in [1.807, 2.05) is 0 Å². The Kier molecular flexibility index (Phi) is 7.37. The quantitative estimate of drug-likeness (QED) is 0.717. The van der Waals surface area contributed by atoms with E-state index in [1.54, 1.807) is 12.1 Å². The first-order valence-electron chi connectivity index (χ1n) is 8.08. The molecule has 0 bridgehead atoms. The summed E-state index contributed by atoms with van der Waals surface area (Å²) in [5.41, 5.74) is 0.316. The summed E-state index contributed by atoms with van der Waals surface area (Å²) in [6, 6.07) is 4.64. The van der Waals surface area contributed by atoms with E-state index in [-0.39, 0.29) is 30.0 Å². The van der Waals surface area contributed by atoms with Crippen LogP contribution in [-0.2, 0) is 19.6 Å². The van der Waals surface area contributed by atoms with Gasteiger partial charge >= 0.3 is 0 Å². The average molecular weight is 409 g/mol. The second-order valence-electron chi connectivity index (χ2n) is 5.97. The maximum atomic E-state index is 12.1. The van der Waals surface area contributed by atoms with Gasteiger partial charge in [-0.3, -0.25) is 9.10 Å². The number of nitrogens with one attached hydrogen (secondary N) is 1. The van der Waals surface area contributed by atoms with Gasteiger partial charge in [0.1, 0.15) is 0 Å². The van der Waals surface area contributed by atoms with Crippen molar-refractivity contribution in [3.05, 3.63) is 28.2 Å². The van der Waals surface area contributed by atoms with Crippen LogP contribution in [0.4, 0.5) is 5.69 Å². The van der Waals surface area contributed by atoms with Crippen LogP contribution < -0.4 is 9.62 Å². The molecule has 1 fully saturated rings. The van der Waals surface area contributed by atoms with Crippen molar-refractivity contribution in [2.45, 2.75) is 31.8 Å². The second kappa shape index (κ2) is 9.07. The van der Waals surface area contributed by atoms with Crippen molar-refractivity contribution in [2.24, 2.45) is 0 Å². The van der Waals surface area contributed by atoms with Crippen LogP contribution in [0.1, 0.15) is 25.7 Å². The SMILES string of the molecule is CS(=O)(=O)N(CCCC(=O)NCC1CCCO1)c1cc(Cl)ccc1Cl. The highest BCUT2D eigenvalue weighted by molar-refractivity contribution is 7.92. The number of sulfonamides is 1. The van der Waals surface area contributed by atoms with Gasteiger partial charge in [-0.05, 0) is 37.5 Å². The molecule has 1 unspecified atom stereocenters. The number of ether oxygens (including phenoxy) is 1. The number of amides is 1. The van der Waals surface area contributed by atoms with Crippen LogP contribution in [0, 0.1) is 0 Å². The average Bonchev–Trinajstić information content (AvgIpc) is 3.04. The molecule has 0 aromatic heterocycles. The molecule has 2 rings (SSSR count). The summed E-state index contributed by atoms with van der Waals surface area (Å²) in [5.74, 6) is -0.124. The lowest BCUT2D eigenvalue weighted by Gasteiger charge is -2.23. The molecule has 1 atom stereocenters. The van der Waals surface area contributed by atoms with Crippen molar-refractivity contribution in [1.82, 2.24) is 5.32 Å². The number of anilines is 1. The molecule has 0 radical (unpaired) electrons. The normalized spacial score (nSPS) is 17.5. The molecule has 1 aromatic carbocycles. The Bertz CT molecular complexity index is 706. The number of hydrogen-bond acceptors (Lipinski definition) is 4. The van der Waals surface area contributed by atoms with E-state index in [0.29, 0.717) is 23.7 Å². The Morgan fingerprint density at radius 1 is 1.40 bits per heavy atom. The van der Waals surface area contributed by atoms with Gasteiger partial charge in [0.2, 0.25) is 15.9 Å². The summed E-state index contributed by atoms with van der Waals surface area (Å²) >= 11 is 12.0. The van der Waals surface area contributed by atoms with Gasteiger partial charge in [0.05, 0.1) is 23.1 Å². The van der Waals surface area contributed by atoms with Crippen molar-refractivity contribution in [3.8, 4) is 0 Å². The molecule has 25 heavy (non-hydrogen) atoms. The zero-order valence-electron chi connectivity index (χ0n) is 14.0. The molecular weight excluding hydrogens is 387 g/mol. The minimum atomic E-state index is -3.54. The first-order valence-corrected chi connectivity index (χ1v) is 10.7. The molecule has 9 heteroatoms. The molecule has 1 N–H and O–H groups in total. The van der Waals surface area contributed by atoms with Crippen LogP contribution in [0.2, 0.25) is 10.0 Å². The summed E-state index contributed by atoms with van der Waals surface area (Å²) in [5, 5.41) is 3.50. The van der Waals surface area contributed by atoms with E-state index in [2.05, 4.69) is 5.32 Å². The van der Waals surface area contributed by atoms with Crippen molar-refractivity contribution >= 4 is 44.8 Å². The fourth-order valence-corrected chi connectivity index (χ4v) is 4.05. The Hall–Kier alpha value is -1.02. The largest absolute Gasteiger partial charge is 0.376 e. The molecule has 0 saturated carbocycles. The number of hydrogen-bond donors (Lipinski definition) is 1. The minimum Gasteiger partial charge on any atom is -0.376 e. The summed E-state index contributed by atoms with van der Waals surface area (Å²) in [6.45, 7) is 1.38. The van der Waals surface area contributed by atoms with Gasteiger partial charge < -0.3 is 10.1 Å². The van der Waals surface area contributed by atoms with Gasteiger partial charge in [-0.2, -0.15) is 0 Å². The third-order valence-electron chi connectivity index (χ3n) is 3.89. The van der Waals surface area contributed by atoms with Crippen molar-refractivity contribution in [2.75, 3.05) is 30.3 Å². The number of carbonyl (C=O) groups is 1. The van der Waals surface area contributed by atoms with E-state index in [0.717, 1.165) is 25.7 Å². The van der Waals surface area contributed by atoms with E-state index < -0.39 is 10.0 Å². The Labute approximate surface area is 158 Å². The number of rotatable bonds is 8. The smallest absolute Gasteiger partial charge is 0.232 e. The summed E-state index contributed by atoms with van der Waals surface area (Å²) in [6.07, 6.45) is 3.74. The topological polar surface area (TPSA) is 75.7 Å². The third kappa shape index (κ3) is 6.33. The van der Waals surface area contributed by atoms with Crippen LogP contribution in [0.5, 0.6) is 0 Å². The first-order chi connectivity index (χ1) is 11.8. The van der Waals surface area contributed by atoms with Crippen molar-refractivity contribution in [3.63, 3.8) is 0 Å². The van der Waals surface area contributed by atoms with Crippen LogP contribution >= 0.6 is 23.2 Å². The zero-order valence-corrected chi connectivity index (χ0v) is 16.3. The van der Waals surface area contributed by atoms with Gasteiger partial charge in [-0.15, -0.1) is 0 Å². The highest BCUT2D eigenvalue weighted by Gasteiger charge is 2.21. The number of benzene rings is 1. The van der Waals surface area contributed by atoms with Crippen LogP contribution in [0.25, 0.3) is 0 Å². The molecule has 1 amide bonds. The van der Waals surface area contributed by atoms with Crippen LogP contribution in [-0.4, -0.2) is 46.4 Å². The monoisotopic (exact) mass is 408 g/mol. The number of halogens is 2. The number of carbonyl (C=O) groups excluding carboxylic acids is 1. The van der Waals surface area contributed by atoms with Crippen LogP contribution in [0.15, 0.2) is 18.2 Å². The van der Waals surface area contributed by atoms with E-state index in [1.165, 1.54) is 10.4 Å². The maximum Gasteiger partial charge on any atom is 0.232 e. The van der Waals surface area contributed by atoms with E-state index in [4.69, 9.17) is 27.9 Å². The number of nitrogens with zero attached hydrogens (tertiary/aromatic N) is 1. The lowest BCUT2D eigenvalue weighted by Crippen LogP contribution is -2.34. The molecule has 0 spiro atoms. The summed E-state index contributed by atoms with van der Waals surface area (Å²) < 4.78 is 30.8. The predicted octanol–water partition coefficient (Wildman–Crippen LogP) is 2.83. The molecule has 1 heterocycles. The maximum absolute atomic E-state index is 12.1. The van der Waals surface area contributed by atoms with Gasteiger partial charge in [0, 0.05) is 31.1 Å². The van der Waals surface area contributed by atoms with Crippen molar-refractivity contribution in [1.29, 1.82) is 0 Å². The Balaban J connectivity index is 1.90. The molecule has 0 aliphatic carbocycles. The molecule has 1 aliphatic rings. The summed E-state index contributed by atoms with van der Waals surface area (Å²) in [7, 11) is -3.54. The standard InChI is InChI=1S/C16H22Cl2N2O4S/c1-25(22,23)20(15-10-12(17)6-7-14(15)18)8-2-5-16(21)19-11-13-4-3-9-24-13/h6-7,10,13H,2-5,8-9,11H2,1H3,(H,19,21). The van der Waals surface area contributed by atoms with E-state index in [9.17, 15) is 13.2 Å². The predicted molar refractivity (Wildman–Crippen MR) is 99.9 cm³/mol.